The number of benzene rings is 7. The van der Waals surface area contributed by atoms with E-state index in [1.165, 1.54) is 99.5 Å². The molecule has 1 heteroatoms. The van der Waals surface area contributed by atoms with Crippen LogP contribution in [0.2, 0.25) is 0 Å². The molecule has 5 aliphatic carbocycles. The molecule has 0 aromatic heterocycles. The van der Waals surface area contributed by atoms with Crippen LogP contribution in [0.5, 0.6) is 0 Å². The minimum absolute atomic E-state index is 0.137. The van der Waals surface area contributed by atoms with Crippen LogP contribution in [0.15, 0.2) is 158 Å². The van der Waals surface area contributed by atoms with Crippen LogP contribution in [0, 0.1) is 17.8 Å². The molecule has 0 heterocycles. The maximum absolute atomic E-state index is 2.50. The Morgan fingerprint density at radius 3 is 1.63 bits per heavy atom. The highest BCUT2D eigenvalue weighted by Gasteiger charge is 2.51. The van der Waals surface area contributed by atoms with E-state index in [4.69, 9.17) is 0 Å². The van der Waals surface area contributed by atoms with E-state index in [1.54, 1.807) is 5.56 Å². The van der Waals surface area contributed by atoms with Gasteiger partial charge in [-0.3, -0.25) is 0 Å². The van der Waals surface area contributed by atoms with Gasteiger partial charge < -0.3 is 4.90 Å². The Kier molecular flexibility index (Phi) is 7.16. The van der Waals surface area contributed by atoms with Crippen molar-refractivity contribution in [3.63, 3.8) is 0 Å². The number of rotatable bonds is 6. The van der Waals surface area contributed by atoms with E-state index < -0.39 is 0 Å². The first-order valence-corrected chi connectivity index (χ1v) is 20.3. The average molecular weight is 698 g/mol. The number of fused-ring (bicyclic) bond motifs is 4. The highest BCUT2D eigenvalue weighted by atomic mass is 15.1. The zero-order chi connectivity index (χ0) is 36.0. The van der Waals surface area contributed by atoms with Crippen molar-refractivity contribution in [2.45, 2.75) is 63.2 Å². The predicted octanol–water partition coefficient (Wildman–Crippen LogP) is 14.4. The first kappa shape index (κ1) is 32.1. The summed E-state index contributed by atoms with van der Waals surface area (Å²) in [5, 5.41) is 2.50. The summed E-state index contributed by atoms with van der Waals surface area (Å²) in [6, 6.07) is 59.4. The van der Waals surface area contributed by atoms with Crippen LogP contribution in [-0.4, -0.2) is 0 Å². The third-order valence-electron chi connectivity index (χ3n) is 14.0. The van der Waals surface area contributed by atoms with E-state index >= 15 is 0 Å². The number of hydrogen-bond acceptors (Lipinski definition) is 1. The summed E-state index contributed by atoms with van der Waals surface area (Å²) in [6.45, 7) is 4.83. The molecular weight excluding hydrogens is 651 g/mol. The zero-order valence-corrected chi connectivity index (χ0v) is 31.4. The molecule has 0 spiro atoms. The maximum atomic E-state index is 2.50. The number of nitrogens with zero attached hydrogens (tertiary/aromatic N) is 1. The summed E-state index contributed by atoms with van der Waals surface area (Å²) in [5.74, 6) is 2.91. The van der Waals surface area contributed by atoms with Crippen molar-refractivity contribution in [1.29, 1.82) is 0 Å². The lowest BCUT2D eigenvalue weighted by molar-refractivity contribution is -0.00518. The van der Waals surface area contributed by atoms with Crippen LogP contribution >= 0.6 is 0 Å². The lowest BCUT2D eigenvalue weighted by Gasteiger charge is -2.57. The molecule has 1 nitrogen and oxygen atoms in total. The molecule has 12 rings (SSSR count). The van der Waals surface area contributed by atoms with Crippen molar-refractivity contribution in [3.8, 4) is 33.4 Å². The highest BCUT2D eigenvalue weighted by molar-refractivity contribution is 5.91. The van der Waals surface area contributed by atoms with Gasteiger partial charge in [0.2, 0.25) is 0 Å². The first-order valence-electron chi connectivity index (χ1n) is 20.3. The van der Waals surface area contributed by atoms with E-state index in [2.05, 4.69) is 176 Å². The standard InChI is InChI=1S/C53H47N/c1-52(2)50-30-43(41-12-18-44(19-13-41)53-32-35-26-36(33-53)28-37(27-35)34-53)17-24-48(50)49-25-23-47(31-51(49)52)54(46-22-16-39-10-6-7-11-42(39)29-46)45-20-14-40(15-21-45)38-8-4-3-5-9-38/h3-25,29-31,35-37H,26-28,32-34H2,1-2H3. The Morgan fingerprint density at radius 2 is 0.926 bits per heavy atom. The van der Waals surface area contributed by atoms with Crippen molar-refractivity contribution < 1.29 is 0 Å². The molecule has 7 aromatic carbocycles. The first-order chi connectivity index (χ1) is 26.4. The van der Waals surface area contributed by atoms with Crippen LogP contribution in [0.1, 0.15) is 69.1 Å². The van der Waals surface area contributed by atoms with Crippen molar-refractivity contribution in [1.82, 2.24) is 0 Å². The Balaban J connectivity index is 0.946. The second-order valence-electron chi connectivity index (χ2n) is 17.7. The molecule has 0 unspecified atom stereocenters. The molecule has 0 aliphatic heterocycles. The van der Waals surface area contributed by atoms with Gasteiger partial charge in [-0.15, -0.1) is 0 Å². The molecule has 4 fully saturated rings. The second kappa shape index (κ2) is 12.1. The summed E-state index contributed by atoms with van der Waals surface area (Å²) < 4.78 is 0. The number of hydrogen-bond donors (Lipinski definition) is 0. The summed E-state index contributed by atoms with van der Waals surface area (Å²) in [6.07, 6.45) is 8.75. The summed E-state index contributed by atoms with van der Waals surface area (Å²) in [5.41, 5.74) is 16.0. The molecule has 7 aromatic rings. The van der Waals surface area contributed by atoms with Gasteiger partial charge in [-0.05, 0) is 165 Å². The highest BCUT2D eigenvalue weighted by Crippen LogP contribution is 2.61. The van der Waals surface area contributed by atoms with Crippen LogP contribution in [0.25, 0.3) is 44.2 Å². The summed E-state index contributed by atoms with van der Waals surface area (Å²) >= 11 is 0. The van der Waals surface area contributed by atoms with Gasteiger partial charge in [0.05, 0.1) is 0 Å². The van der Waals surface area contributed by atoms with Gasteiger partial charge in [0.15, 0.2) is 0 Å². The van der Waals surface area contributed by atoms with Crippen LogP contribution < -0.4 is 4.90 Å². The molecular formula is C53H47N. The molecule has 4 saturated carbocycles. The van der Waals surface area contributed by atoms with Crippen molar-refractivity contribution in [2.24, 2.45) is 17.8 Å². The Morgan fingerprint density at radius 1 is 0.426 bits per heavy atom. The lowest BCUT2D eigenvalue weighted by atomic mass is 9.48. The van der Waals surface area contributed by atoms with E-state index in [-0.39, 0.29) is 5.41 Å². The fourth-order valence-electron chi connectivity index (χ4n) is 11.7. The quantitative estimate of drug-likeness (QED) is 0.167. The van der Waals surface area contributed by atoms with Crippen molar-refractivity contribution in [2.75, 3.05) is 4.90 Å². The van der Waals surface area contributed by atoms with Gasteiger partial charge in [-0.2, -0.15) is 0 Å². The van der Waals surface area contributed by atoms with Gasteiger partial charge in [0, 0.05) is 22.5 Å². The minimum atomic E-state index is -0.137. The van der Waals surface area contributed by atoms with Crippen molar-refractivity contribution >= 4 is 27.8 Å². The Labute approximate surface area is 320 Å². The monoisotopic (exact) mass is 697 g/mol. The third-order valence-corrected chi connectivity index (χ3v) is 14.0. The molecule has 0 N–H and O–H groups in total. The van der Waals surface area contributed by atoms with E-state index in [0.717, 1.165) is 29.1 Å². The van der Waals surface area contributed by atoms with E-state index in [9.17, 15) is 0 Å². The maximum Gasteiger partial charge on any atom is 0.0468 e. The molecule has 0 amide bonds. The van der Waals surface area contributed by atoms with E-state index in [1.807, 2.05) is 0 Å². The van der Waals surface area contributed by atoms with Gasteiger partial charge in [-0.1, -0.05) is 129 Å². The fourth-order valence-corrected chi connectivity index (χ4v) is 11.7. The molecule has 264 valence electrons. The molecule has 4 bridgehead atoms. The Hall–Kier alpha value is -5.40. The summed E-state index contributed by atoms with van der Waals surface area (Å²) in [4.78, 5) is 2.43. The van der Waals surface area contributed by atoms with E-state index in [0.29, 0.717) is 5.41 Å². The Bertz CT molecular complexity index is 2500. The average Bonchev–Trinajstić information content (AvgIpc) is 3.43. The van der Waals surface area contributed by atoms with Crippen LogP contribution in [-0.2, 0) is 10.8 Å². The number of anilines is 3. The second-order valence-corrected chi connectivity index (χ2v) is 17.7. The van der Waals surface area contributed by atoms with Gasteiger partial charge >= 0.3 is 0 Å². The SMILES string of the molecule is CC1(C)c2cc(-c3ccc(C45CC6CC(CC(C6)C4)C5)cc3)ccc2-c2ccc(N(c3ccc(-c4ccccc4)cc3)c3ccc4ccccc4c3)cc21. The largest absolute Gasteiger partial charge is 0.310 e. The normalized spacial score (nSPS) is 23.0. The van der Waals surface area contributed by atoms with Crippen LogP contribution in [0.3, 0.4) is 0 Å². The van der Waals surface area contributed by atoms with Crippen LogP contribution in [0.4, 0.5) is 17.1 Å². The lowest BCUT2D eigenvalue weighted by Crippen LogP contribution is -2.48. The molecule has 5 aliphatic rings. The smallest absolute Gasteiger partial charge is 0.0468 e. The molecule has 54 heavy (non-hydrogen) atoms. The van der Waals surface area contributed by atoms with Gasteiger partial charge in [0.1, 0.15) is 0 Å². The molecule has 0 atom stereocenters. The fraction of sp³-hybridized carbons (Fsp3) is 0.245. The molecule has 0 radical (unpaired) electrons. The predicted molar refractivity (Wildman–Crippen MR) is 227 cm³/mol. The zero-order valence-electron chi connectivity index (χ0n) is 31.4. The summed E-state index contributed by atoms with van der Waals surface area (Å²) in [7, 11) is 0. The van der Waals surface area contributed by atoms with Crippen molar-refractivity contribution in [3.05, 3.63) is 174 Å². The minimum Gasteiger partial charge on any atom is -0.310 e. The molecule has 0 saturated heterocycles. The third kappa shape index (κ3) is 5.12. The topological polar surface area (TPSA) is 3.24 Å². The van der Waals surface area contributed by atoms with Gasteiger partial charge in [0.25, 0.3) is 0 Å². The van der Waals surface area contributed by atoms with Gasteiger partial charge in [-0.25, -0.2) is 0 Å².